The first-order valence-electron chi connectivity index (χ1n) is 7.21. The zero-order chi connectivity index (χ0) is 17.6. The molecule has 1 N–H and O–H groups in total. The molecule has 2 rings (SSSR count). The van der Waals surface area contributed by atoms with Crippen molar-refractivity contribution in [2.75, 3.05) is 19.8 Å². The van der Waals surface area contributed by atoms with Crippen molar-refractivity contribution in [1.29, 1.82) is 0 Å². The number of carbonyl (C=O) groups excluding carboxylic acids is 1. The van der Waals surface area contributed by atoms with E-state index in [4.69, 9.17) is 0 Å². The molecular formula is C16H19N3O3S2. The fourth-order valence-corrected chi connectivity index (χ4v) is 3.32. The number of benzene rings is 1. The summed E-state index contributed by atoms with van der Waals surface area (Å²) in [5.41, 5.74) is 1.03. The molecule has 8 heteroatoms. The summed E-state index contributed by atoms with van der Waals surface area (Å²) in [6.45, 7) is 0.480. The van der Waals surface area contributed by atoms with Crippen LogP contribution >= 0.6 is 11.8 Å². The summed E-state index contributed by atoms with van der Waals surface area (Å²) in [6, 6.07) is 12.7. The van der Waals surface area contributed by atoms with E-state index >= 15 is 0 Å². The zero-order valence-corrected chi connectivity index (χ0v) is 15.1. The van der Waals surface area contributed by atoms with Gasteiger partial charge < -0.3 is 5.32 Å². The highest BCUT2D eigenvalue weighted by molar-refractivity contribution is 7.99. The lowest BCUT2D eigenvalue weighted by Crippen LogP contribution is -2.24. The van der Waals surface area contributed by atoms with Gasteiger partial charge in [-0.1, -0.05) is 42.1 Å². The van der Waals surface area contributed by atoms with Crippen LogP contribution in [-0.4, -0.2) is 43.5 Å². The van der Waals surface area contributed by atoms with Crippen molar-refractivity contribution in [2.24, 2.45) is 0 Å². The first kappa shape index (κ1) is 18.4. The van der Waals surface area contributed by atoms with Crippen molar-refractivity contribution in [1.82, 2.24) is 14.6 Å². The van der Waals surface area contributed by atoms with Crippen LogP contribution in [0.5, 0.6) is 0 Å². The molecule has 0 aliphatic rings. The summed E-state index contributed by atoms with van der Waals surface area (Å²) in [7, 11) is -0.547. The minimum atomic E-state index is -3.48. The van der Waals surface area contributed by atoms with Gasteiger partial charge in [0.05, 0.1) is 10.8 Å². The van der Waals surface area contributed by atoms with E-state index in [-0.39, 0.29) is 16.6 Å². The highest BCUT2D eigenvalue weighted by atomic mass is 32.2. The van der Waals surface area contributed by atoms with E-state index in [9.17, 15) is 13.2 Å². The number of rotatable bonds is 7. The highest BCUT2D eigenvalue weighted by Gasteiger charge is 2.17. The van der Waals surface area contributed by atoms with E-state index in [0.717, 1.165) is 9.87 Å². The normalized spacial score (nSPS) is 11.5. The zero-order valence-electron chi connectivity index (χ0n) is 13.5. The van der Waals surface area contributed by atoms with Gasteiger partial charge in [-0.25, -0.2) is 17.7 Å². The molecule has 1 aromatic heterocycles. The summed E-state index contributed by atoms with van der Waals surface area (Å²) < 4.78 is 25.0. The molecule has 0 bridgehead atoms. The van der Waals surface area contributed by atoms with Crippen molar-refractivity contribution in [2.45, 2.75) is 16.5 Å². The molecule has 0 fully saturated rings. The molecule has 0 unspecified atom stereocenters. The molecule has 0 atom stereocenters. The van der Waals surface area contributed by atoms with Gasteiger partial charge in [0, 0.05) is 26.8 Å². The highest BCUT2D eigenvalue weighted by Crippen LogP contribution is 2.18. The van der Waals surface area contributed by atoms with Gasteiger partial charge in [0.1, 0.15) is 4.90 Å². The molecule has 0 saturated carbocycles. The number of sulfonamides is 1. The second-order valence-electron chi connectivity index (χ2n) is 5.17. The third-order valence-electron chi connectivity index (χ3n) is 3.17. The molecule has 24 heavy (non-hydrogen) atoms. The summed E-state index contributed by atoms with van der Waals surface area (Å²) in [6.07, 6.45) is 1.31. The van der Waals surface area contributed by atoms with Crippen LogP contribution in [0.1, 0.15) is 5.56 Å². The maximum absolute atomic E-state index is 11.9. The Bertz CT molecular complexity index is 776. The standard InChI is InChI=1S/C16H19N3O3S2/c1-19(2)24(21,22)14-8-9-16(18-11-14)23-12-15(20)17-10-13-6-4-3-5-7-13/h3-9,11H,10,12H2,1-2H3,(H,17,20). The number of thioether (sulfide) groups is 1. The van der Waals surface area contributed by atoms with Crippen LogP contribution < -0.4 is 5.32 Å². The van der Waals surface area contributed by atoms with Crippen LogP contribution in [0, 0.1) is 0 Å². The maximum Gasteiger partial charge on any atom is 0.244 e. The predicted molar refractivity (Wildman–Crippen MR) is 94.1 cm³/mol. The molecular weight excluding hydrogens is 346 g/mol. The fraction of sp³-hybridized carbons (Fsp3) is 0.250. The quantitative estimate of drug-likeness (QED) is 0.756. The first-order chi connectivity index (χ1) is 11.4. The molecule has 0 aliphatic heterocycles. The van der Waals surface area contributed by atoms with Gasteiger partial charge >= 0.3 is 0 Å². The van der Waals surface area contributed by atoms with E-state index in [1.165, 1.54) is 38.1 Å². The van der Waals surface area contributed by atoms with E-state index in [0.29, 0.717) is 11.6 Å². The minimum absolute atomic E-state index is 0.101. The topological polar surface area (TPSA) is 79.4 Å². The average molecular weight is 365 g/mol. The summed E-state index contributed by atoms with van der Waals surface area (Å²) >= 11 is 1.26. The third kappa shape index (κ3) is 5.05. The van der Waals surface area contributed by atoms with Gasteiger partial charge in [0.25, 0.3) is 0 Å². The number of nitrogens with zero attached hydrogens (tertiary/aromatic N) is 2. The number of amides is 1. The molecule has 1 amide bonds. The first-order valence-corrected chi connectivity index (χ1v) is 9.64. The molecule has 6 nitrogen and oxygen atoms in total. The number of nitrogens with one attached hydrogen (secondary N) is 1. The number of hydrogen-bond acceptors (Lipinski definition) is 5. The number of hydrogen-bond donors (Lipinski definition) is 1. The van der Waals surface area contributed by atoms with Crippen LogP contribution in [0.15, 0.2) is 58.6 Å². The molecule has 2 aromatic rings. The van der Waals surface area contributed by atoms with E-state index in [2.05, 4.69) is 10.3 Å². The summed E-state index contributed by atoms with van der Waals surface area (Å²) in [5.74, 6) is 0.121. The van der Waals surface area contributed by atoms with Gasteiger partial charge in [-0.2, -0.15) is 0 Å². The molecule has 0 radical (unpaired) electrons. The van der Waals surface area contributed by atoms with Crippen LogP contribution in [0.2, 0.25) is 0 Å². The van der Waals surface area contributed by atoms with Gasteiger partial charge in [0.15, 0.2) is 0 Å². The Balaban J connectivity index is 1.85. The van der Waals surface area contributed by atoms with Crippen molar-refractivity contribution in [3.05, 3.63) is 54.2 Å². The minimum Gasteiger partial charge on any atom is -0.351 e. The SMILES string of the molecule is CN(C)S(=O)(=O)c1ccc(SCC(=O)NCc2ccccc2)nc1. The van der Waals surface area contributed by atoms with E-state index in [1.54, 1.807) is 6.07 Å². The molecule has 128 valence electrons. The monoisotopic (exact) mass is 365 g/mol. The van der Waals surface area contributed by atoms with Crippen molar-refractivity contribution < 1.29 is 13.2 Å². The van der Waals surface area contributed by atoms with E-state index in [1.807, 2.05) is 30.3 Å². The van der Waals surface area contributed by atoms with Crippen LogP contribution in [0.25, 0.3) is 0 Å². The van der Waals surface area contributed by atoms with Crippen LogP contribution in [0.4, 0.5) is 0 Å². The lowest BCUT2D eigenvalue weighted by molar-refractivity contribution is -0.118. The van der Waals surface area contributed by atoms with Crippen molar-refractivity contribution in [3.63, 3.8) is 0 Å². The van der Waals surface area contributed by atoms with Gasteiger partial charge in [0.2, 0.25) is 15.9 Å². The summed E-state index contributed by atoms with van der Waals surface area (Å²) in [4.78, 5) is 16.1. The fourth-order valence-electron chi connectivity index (χ4n) is 1.80. The summed E-state index contributed by atoms with van der Waals surface area (Å²) in [5, 5.41) is 3.43. The number of pyridine rings is 1. The number of carbonyl (C=O) groups is 1. The molecule has 1 heterocycles. The predicted octanol–water partition coefficient (Wildman–Crippen LogP) is 1.74. The van der Waals surface area contributed by atoms with Crippen molar-refractivity contribution in [3.8, 4) is 0 Å². The second kappa shape index (κ2) is 8.27. The van der Waals surface area contributed by atoms with Crippen molar-refractivity contribution >= 4 is 27.7 Å². The maximum atomic E-state index is 11.9. The van der Waals surface area contributed by atoms with Gasteiger partial charge in [-0.05, 0) is 17.7 Å². The molecule has 0 saturated heterocycles. The smallest absolute Gasteiger partial charge is 0.244 e. The van der Waals surface area contributed by atoms with Gasteiger partial charge in [-0.3, -0.25) is 4.79 Å². The van der Waals surface area contributed by atoms with E-state index < -0.39 is 10.0 Å². The van der Waals surface area contributed by atoms with Crippen LogP contribution in [0.3, 0.4) is 0 Å². The Morgan fingerprint density at radius 1 is 1.17 bits per heavy atom. The Labute approximate surface area is 146 Å². The Morgan fingerprint density at radius 2 is 1.88 bits per heavy atom. The average Bonchev–Trinajstić information content (AvgIpc) is 2.59. The Morgan fingerprint density at radius 3 is 2.46 bits per heavy atom. The third-order valence-corrected chi connectivity index (χ3v) is 5.91. The number of aromatic nitrogens is 1. The lowest BCUT2D eigenvalue weighted by atomic mass is 10.2. The van der Waals surface area contributed by atoms with Crippen LogP contribution in [-0.2, 0) is 21.4 Å². The second-order valence-corrected chi connectivity index (χ2v) is 8.32. The Hall–Kier alpha value is -1.90. The Kier molecular flexibility index (Phi) is 6.36. The lowest BCUT2D eigenvalue weighted by Gasteiger charge is -2.11. The largest absolute Gasteiger partial charge is 0.351 e. The van der Waals surface area contributed by atoms with Gasteiger partial charge in [-0.15, -0.1) is 0 Å². The molecule has 0 spiro atoms. The molecule has 1 aromatic carbocycles. The molecule has 0 aliphatic carbocycles.